The van der Waals surface area contributed by atoms with E-state index in [0.29, 0.717) is 24.3 Å². The molecule has 190 valence electrons. The molecule has 1 aliphatic heterocycles. The fourth-order valence-electron chi connectivity index (χ4n) is 4.11. The van der Waals surface area contributed by atoms with Crippen LogP contribution in [0.2, 0.25) is 10.0 Å². The molecule has 10 heteroatoms. The van der Waals surface area contributed by atoms with Crippen LogP contribution in [0.4, 0.5) is 0 Å². The maximum Gasteiger partial charge on any atom is 0.340 e. The van der Waals surface area contributed by atoms with E-state index in [2.05, 4.69) is 9.98 Å². The minimum absolute atomic E-state index is 0.00515. The third kappa shape index (κ3) is 5.75. The highest BCUT2D eigenvalue weighted by Crippen LogP contribution is 2.56. The lowest BCUT2D eigenvalue weighted by molar-refractivity contribution is 0.0470. The highest BCUT2D eigenvalue weighted by Gasteiger charge is 2.33. The van der Waals surface area contributed by atoms with E-state index >= 15 is 0 Å². The summed E-state index contributed by atoms with van der Waals surface area (Å²) in [5.74, 6) is -0.621. The van der Waals surface area contributed by atoms with Crippen molar-refractivity contribution >= 4 is 46.0 Å². The molecule has 0 radical (unpaired) electrons. The monoisotopic (exact) mass is 547 g/mol. The molecule has 2 aromatic carbocycles. The van der Waals surface area contributed by atoms with Crippen LogP contribution in [0, 0.1) is 6.92 Å². The third-order valence-electron chi connectivity index (χ3n) is 5.83. The molecular weight excluding hydrogens is 521 g/mol. The number of hydrogen-bond donors (Lipinski definition) is 2. The molecule has 0 aliphatic carbocycles. The van der Waals surface area contributed by atoms with Gasteiger partial charge in [-0.3, -0.25) is 19.0 Å². The molecule has 0 unspecified atom stereocenters. The molecule has 0 saturated heterocycles. The first-order valence-corrected chi connectivity index (χ1v) is 13.8. The molecule has 4 rings (SSSR count). The second-order valence-corrected chi connectivity index (χ2v) is 11.5. The fraction of sp³-hybridized carbons (Fsp3) is 0.269. The fourth-order valence-corrected chi connectivity index (χ4v) is 6.04. The zero-order valence-corrected chi connectivity index (χ0v) is 22.3. The molecule has 0 spiro atoms. The Morgan fingerprint density at radius 2 is 1.89 bits per heavy atom. The van der Waals surface area contributed by atoms with E-state index in [0.717, 1.165) is 5.56 Å². The SMILES string of the molecule is Cc1nc2c(c(-c3cccc(Cl)c3Cl)c1C(=O)OCCN(C)Cc1ccccc1)S(O)(O)CCN=C2. The van der Waals surface area contributed by atoms with E-state index in [1.54, 1.807) is 25.1 Å². The van der Waals surface area contributed by atoms with Gasteiger partial charge in [-0.25, -0.2) is 9.78 Å². The topological polar surface area (TPSA) is 95.2 Å². The van der Waals surface area contributed by atoms with E-state index in [1.165, 1.54) is 6.21 Å². The summed E-state index contributed by atoms with van der Waals surface area (Å²) in [5, 5.41) is 0.470. The first-order valence-electron chi connectivity index (χ1n) is 11.3. The number of aromatic nitrogens is 1. The summed E-state index contributed by atoms with van der Waals surface area (Å²) in [7, 11) is -1.39. The van der Waals surface area contributed by atoms with Crippen LogP contribution >= 0.6 is 33.8 Å². The van der Waals surface area contributed by atoms with Crippen LogP contribution in [0.25, 0.3) is 11.1 Å². The van der Waals surface area contributed by atoms with Crippen molar-refractivity contribution in [3.05, 3.63) is 81.1 Å². The van der Waals surface area contributed by atoms with Gasteiger partial charge in [0.25, 0.3) is 0 Å². The number of pyridine rings is 1. The van der Waals surface area contributed by atoms with Crippen LogP contribution in [0.1, 0.15) is 27.3 Å². The predicted molar refractivity (Wildman–Crippen MR) is 146 cm³/mol. The maximum atomic E-state index is 13.4. The van der Waals surface area contributed by atoms with E-state index in [-0.39, 0.29) is 50.7 Å². The number of fused-ring (bicyclic) bond motifs is 1. The maximum absolute atomic E-state index is 13.4. The lowest BCUT2D eigenvalue weighted by atomic mass is 9.97. The Labute approximate surface area is 222 Å². The number of benzene rings is 2. The highest BCUT2D eigenvalue weighted by atomic mass is 35.5. The third-order valence-corrected chi connectivity index (χ3v) is 8.47. The largest absolute Gasteiger partial charge is 0.461 e. The smallest absolute Gasteiger partial charge is 0.340 e. The number of rotatable bonds is 7. The van der Waals surface area contributed by atoms with Crippen LogP contribution in [0.5, 0.6) is 0 Å². The molecule has 36 heavy (non-hydrogen) atoms. The summed E-state index contributed by atoms with van der Waals surface area (Å²) in [6.45, 7) is 3.24. The van der Waals surface area contributed by atoms with Crippen molar-refractivity contribution in [2.24, 2.45) is 4.99 Å². The summed E-state index contributed by atoms with van der Waals surface area (Å²) >= 11 is 12.9. The van der Waals surface area contributed by atoms with Gasteiger partial charge < -0.3 is 4.74 Å². The number of aliphatic imine (C=N–C) groups is 1. The summed E-state index contributed by atoms with van der Waals surface area (Å²) < 4.78 is 27.8. The van der Waals surface area contributed by atoms with Crippen LogP contribution in [-0.4, -0.2) is 63.7 Å². The molecule has 0 atom stereocenters. The van der Waals surface area contributed by atoms with Crippen LogP contribution in [0.15, 0.2) is 58.4 Å². The zero-order valence-electron chi connectivity index (χ0n) is 19.9. The average molecular weight is 548 g/mol. The normalized spacial score (nSPS) is 15.3. The molecule has 7 nitrogen and oxygen atoms in total. The van der Waals surface area contributed by atoms with Gasteiger partial charge in [0.15, 0.2) is 0 Å². The average Bonchev–Trinajstić information content (AvgIpc) is 2.98. The Morgan fingerprint density at radius 1 is 1.14 bits per heavy atom. The van der Waals surface area contributed by atoms with Gasteiger partial charge in [0.2, 0.25) is 0 Å². The van der Waals surface area contributed by atoms with Crippen molar-refractivity contribution in [2.45, 2.75) is 18.4 Å². The van der Waals surface area contributed by atoms with Crippen LogP contribution in [0.3, 0.4) is 0 Å². The Kier molecular flexibility index (Phi) is 8.34. The molecule has 3 aromatic rings. The number of hydrogen-bond acceptors (Lipinski definition) is 7. The van der Waals surface area contributed by atoms with Gasteiger partial charge in [0.05, 0.1) is 38.5 Å². The molecule has 1 aromatic heterocycles. The van der Waals surface area contributed by atoms with Crippen molar-refractivity contribution in [3.63, 3.8) is 0 Å². The number of nitrogens with zero attached hydrogens (tertiary/aromatic N) is 3. The molecule has 1 aliphatic rings. The van der Waals surface area contributed by atoms with Crippen molar-refractivity contribution in [1.29, 1.82) is 0 Å². The number of aryl methyl sites for hydroxylation is 1. The van der Waals surface area contributed by atoms with Crippen molar-refractivity contribution in [1.82, 2.24) is 9.88 Å². The van der Waals surface area contributed by atoms with Crippen LogP contribution in [-0.2, 0) is 11.3 Å². The van der Waals surface area contributed by atoms with E-state index in [9.17, 15) is 13.9 Å². The quantitative estimate of drug-likeness (QED) is 0.342. The van der Waals surface area contributed by atoms with Gasteiger partial charge >= 0.3 is 5.97 Å². The second-order valence-electron chi connectivity index (χ2n) is 8.53. The molecule has 0 saturated carbocycles. The number of carbonyl (C=O) groups is 1. The number of carbonyl (C=O) groups excluding carboxylic acids is 1. The Hall–Kier alpha value is -2.46. The molecule has 0 fully saturated rings. The lowest BCUT2D eigenvalue weighted by Crippen LogP contribution is -2.25. The zero-order chi connectivity index (χ0) is 25.9. The number of likely N-dealkylation sites (N-methyl/N-ethyl adjacent to an activating group) is 1. The summed E-state index contributed by atoms with van der Waals surface area (Å²) in [6.07, 6.45) is 1.50. The Morgan fingerprint density at radius 3 is 2.64 bits per heavy atom. The van der Waals surface area contributed by atoms with E-state index < -0.39 is 16.6 Å². The summed E-state index contributed by atoms with van der Waals surface area (Å²) in [5.41, 5.74) is 2.59. The second kappa shape index (κ2) is 11.3. The summed E-state index contributed by atoms with van der Waals surface area (Å²) in [6, 6.07) is 15.0. The molecule has 2 N–H and O–H groups in total. The van der Waals surface area contributed by atoms with Gasteiger partial charge in [0, 0.05) is 30.4 Å². The van der Waals surface area contributed by atoms with Gasteiger partial charge in [-0.2, -0.15) is 10.6 Å². The minimum Gasteiger partial charge on any atom is -0.461 e. The minimum atomic E-state index is -3.33. The first kappa shape index (κ1) is 26.6. The van der Waals surface area contributed by atoms with Crippen molar-refractivity contribution in [2.75, 3.05) is 32.5 Å². The van der Waals surface area contributed by atoms with Gasteiger partial charge in [0.1, 0.15) is 12.3 Å². The standard InChI is InChI=1S/C26H27Cl2N3O4S/c1-17-22(26(32)35-13-12-31(2)16-18-7-4-3-5-8-18)23(19-9-6-10-20(27)24(19)28)25-21(30-17)15-29-11-14-36(25,33)34/h3-10,15,33-34H,11-14,16H2,1-2H3. The number of esters is 1. The molecule has 2 heterocycles. The number of ether oxygens (including phenoxy) is 1. The molecule has 0 amide bonds. The lowest BCUT2D eigenvalue weighted by Gasteiger charge is -2.34. The van der Waals surface area contributed by atoms with E-state index in [4.69, 9.17) is 27.9 Å². The predicted octanol–water partition coefficient (Wildman–Crippen LogP) is 6.19. The summed E-state index contributed by atoms with van der Waals surface area (Å²) in [4.78, 5) is 24.3. The van der Waals surface area contributed by atoms with Gasteiger partial charge in [-0.05, 0) is 25.6 Å². The van der Waals surface area contributed by atoms with Crippen LogP contribution < -0.4 is 0 Å². The molecular formula is C26H27Cl2N3O4S. The Balaban J connectivity index is 1.70. The molecule has 0 bridgehead atoms. The van der Waals surface area contributed by atoms with Crippen molar-refractivity contribution in [3.8, 4) is 11.1 Å². The number of halogens is 2. The Bertz CT molecular complexity index is 1300. The van der Waals surface area contributed by atoms with Gasteiger partial charge in [-0.15, -0.1) is 0 Å². The van der Waals surface area contributed by atoms with E-state index in [1.807, 2.05) is 42.3 Å². The van der Waals surface area contributed by atoms with Gasteiger partial charge in [-0.1, -0.05) is 65.7 Å². The van der Waals surface area contributed by atoms with Crippen molar-refractivity contribution < 1.29 is 18.6 Å². The first-order chi connectivity index (χ1) is 17.2. The highest BCUT2D eigenvalue weighted by molar-refractivity contribution is 8.24.